The molecule has 2 aromatic rings. The summed E-state index contributed by atoms with van der Waals surface area (Å²) in [4.78, 5) is 18.6. The van der Waals surface area contributed by atoms with Gasteiger partial charge < -0.3 is 4.90 Å². The van der Waals surface area contributed by atoms with Gasteiger partial charge in [0.2, 0.25) is 5.91 Å². The zero-order chi connectivity index (χ0) is 18.9. The van der Waals surface area contributed by atoms with Crippen molar-refractivity contribution in [2.24, 2.45) is 0 Å². The molecule has 26 heavy (non-hydrogen) atoms. The number of amides is 1. The van der Waals surface area contributed by atoms with Crippen molar-refractivity contribution in [3.8, 4) is 0 Å². The van der Waals surface area contributed by atoms with Crippen LogP contribution in [0, 0.1) is 6.92 Å². The zero-order valence-corrected chi connectivity index (χ0v) is 15.1. The van der Waals surface area contributed by atoms with E-state index in [2.05, 4.69) is 16.7 Å². The zero-order valence-electron chi connectivity index (χ0n) is 14.3. The molecular weight excluding hydrogens is 365 g/mol. The SMILES string of the molecule is C=Cc1csc(C2CCN(C(=O)Cn3nc(C(F)(F)F)cc3C)CC2)n1. The molecule has 0 N–H and O–H groups in total. The number of nitrogens with zero attached hydrogens (tertiary/aromatic N) is 4. The lowest BCUT2D eigenvalue weighted by molar-refractivity contribution is -0.142. The molecule has 0 saturated carbocycles. The number of alkyl halides is 3. The standard InChI is InChI=1S/C17H19F3N4OS/c1-3-13-10-26-16(21-13)12-4-6-23(7-5-12)15(25)9-24-11(2)8-14(22-24)17(18,19)20/h3,8,10,12H,1,4-7,9H2,2H3. The lowest BCUT2D eigenvalue weighted by Gasteiger charge is -2.31. The van der Waals surface area contributed by atoms with Crippen molar-refractivity contribution in [2.45, 2.75) is 38.4 Å². The highest BCUT2D eigenvalue weighted by atomic mass is 32.1. The summed E-state index contributed by atoms with van der Waals surface area (Å²) in [6, 6.07) is 0.958. The number of likely N-dealkylation sites (tertiary alicyclic amines) is 1. The number of rotatable bonds is 4. The van der Waals surface area contributed by atoms with Crippen molar-refractivity contribution in [3.05, 3.63) is 40.1 Å². The predicted octanol–water partition coefficient (Wildman–Crippen LogP) is 3.72. The van der Waals surface area contributed by atoms with Crippen LogP contribution in [0.4, 0.5) is 13.2 Å². The summed E-state index contributed by atoms with van der Waals surface area (Å²) >= 11 is 1.59. The Morgan fingerprint density at radius 3 is 2.65 bits per heavy atom. The van der Waals surface area contributed by atoms with Crippen molar-refractivity contribution in [3.63, 3.8) is 0 Å². The molecule has 9 heteroatoms. The minimum Gasteiger partial charge on any atom is -0.341 e. The van der Waals surface area contributed by atoms with Crippen LogP contribution in [0.2, 0.25) is 0 Å². The lowest BCUT2D eigenvalue weighted by Crippen LogP contribution is -2.40. The summed E-state index contributed by atoms with van der Waals surface area (Å²) in [5.74, 6) is 0.0929. The smallest absolute Gasteiger partial charge is 0.341 e. The summed E-state index contributed by atoms with van der Waals surface area (Å²) in [6.45, 7) is 6.18. The van der Waals surface area contributed by atoms with E-state index in [1.807, 2.05) is 5.38 Å². The molecule has 0 aliphatic carbocycles. The summed E-state index contributed by atoms with van der Waals surface area (Å²) < 4.78 is 39.3. The highest BCUT2D eigenvalue weighted by Crippen LogP contribution is 2.31. The first-order valence-electron chi connectivity index (χ1n) is 8.25. The number of piperidine rings is 1. The molecule has 3 rings (SSSR count). The largest absolute Gasteiger partial charge is 0.435 e. The topological polar surface area (TPSA) is 51.0 Å². The van der Waals surface area contributed by atoms with E-state index in [0.717, 1.165) is 34.3 Å². The number of thiazole rings is 1. The summed E-state index contributed by atoms with van der Waals surface area (Å²) in [6.07, 6.45) is -1.21. The molecule has 0 spiro atoms. The molecule has 140 valence electrons. The van der Waals surface area contributed by atoms with Gasteiger partial charge in [0.15, 0.2) is 5.69 Å². The number of halogens is 3. The quantitative estimate of drug-likeness (QED) is 0.807. The van der Waals surface area contributed by atoms with Gasteiger partial charge in [0.05, 0.1) is 10.7 Å². The Bertz CT molecular complexity index is 803. The van der Waals surface area contributed by atoms with Crippen LogP contribution >= 0.6 is 11.3 Å². The fourth-order valence-corrected chi connectivity index (χ4v) is 3.97. The highest BCUT2D eigenvalue weighted by Gasteiger charge is 2.35. The maximum absolute atomic E-state index is 12.7. The van der Waals surface area contributed by atoms with Crippen LogP contribution in [0.5, 0.6) is 0 Å². The van der Waals surface area contributed by atoms with Gasteiger partial charge in [-0.15, -0.1) is 11.3 Å². The number of hydrogen-bond donors (Lipinski definition) is 0. The molecular formula is C17H19F3N4OS. The maximum Gasteiger partial charge on any atom is 0.435 e. The fraction of sp³-hybridized carbons (Fsp3) is 0.471. The minimum atomic E-state index is -4.50. The number of carbonyl (C=O) groups is 1. The van der Waals surface area contributed by atoms with Crippen molar-refractivity contribution in [1.82, 2.24) is 19.7 Å². The molecule has 5 nitrogen and oxygen atoms in total. The third kappa shape index (κ3) is 3.98. The second-order valence-corrected chi connectivity index (χ2v) is 7.19. The first kappa shape index (κ1) is 18.6. The number of aromatic nitrogens is 3. The molecule has 1 aliphatic heterocycles. The number of hydrogen-bond acceptors (Lipinski definition) is 4. The van der Waals surface area contributed by atoms with Crippen LogP contribution in [0.3, 0.4) is 0 Å². The number of aryl methyl sites for hydroxylation is 1. The van der Waals surface area contributed by atoms with Gasteiger partial charge in [0.25, 0.3) is 0 Å². The Kier molecular flexibility index (Phi) is 5.17. The van der Waals surface area contributed by atoms with E-state index in [1.54, 1.807) is 22.3 Å². The molecule has 0 atom stereocenters. The van der Waals surface area contributed by atoms with Gasteiger partial charge >= 0.3 is 6.18 Å². The molecule has 1 aliphatic rings. The summed E-state index contributed by atoms with van der Waals surface area (Å²) in [5, 5.41) is 6.52. The molecule has 0 radical (unpaired) electrons. The second-order valence-electron chi connectivity index (χ2n) is 6.30. The predicted molar refractivity (Wildman–Crippen MR) is 92.7 cm³/mol. The fourth-order valence-electron chi connectivity index (χ4n) is 2.99. The maximum atomic E-state index is 12.7. The molecule has 1 saturated heterocycles. The molecule has 0 unspecified atom stereocenters. The Labute approximate surface area is 153 Å². The molecule has 0 aromatic carbocycles. The van der Waals surface area contributed by atoms with Gasteiger partial charge in [-0.3, -0.25) is 9.48 Å². The van der Waals surface area contributed by atoms with E-state index in [9.17, 15) is 18.0 Å². The van der Waals surface area contributed by atoms with Crippen LogP contribution in [-0.2, 0) is 17.5 Å². The lowest BCUT2D eigenvalue weighted by atomic mass is 9.97. The summed E-state index contributed by atoms with van der Waals surface area (Å²) in [5.41, 5.74) is 0.210. The molecule has 0 bridgehead atoms. The normalized spacial score (nSPS) is 16.1. The van der Waals surface area contributed by atoms with E-state index in [-0.39, 0.29) is 12.5 Å². The van der Waals surface area contributed by atoms with Crippen molar-refractivity contribution >= 4 is 23.3 Å². The Balaban J connectivity index is 1.59. The van der Waals surface area contributed by atoms with E-state index >= 15 is 0 Å². The summed E-state index contributed by atoms with van der Waals surface area (Å²) in [7, 11) is 0. The third-order valence-corrected chi connectivity index (χ3v) is 5.53. The second kappa shape index (κ2) is 7.22. The van der Waals surface area contributed by atoms with E-state index in [1.165, 1.54) is 6.92 Å². The van der Waals surface area contributed by atoms with Crippen LogP contribution in [0.25, 0.3) is 6.08 Å². The van der Waals surface area contributed by atoms with Gasteiger partial charge in [-0.1, -0.05) is 6.58 Å². The van der Waals surface area contributed by atoms with Crippen molar-refractivity contribution in [2.75, 3.05) is 13.1 Å². The van der Waals surface area contributed by atoms with E-state index in [0.29, 0.717) is 24.7 Å². The van der Waals surface area contributed by atoms with Gasteiger partial charge in [-0.25, -0.2) is 4.98 Å². The highest BCUT2D eigenvalue weighted by molar-refractivity contribution is 7.09. The first-order valence-corrected chi connectivity index (χ1v) is 9.13. The monoisotopic (exact) mass is 384 g/mol. The van der Waals surface area contributed by atoms with Crippen LogP contribution in [0.15, 0.2) is 18.0 Å². The van der Waals surface area contributed by atoms with E-state index in [4.69, 9.17) is 0 Å². The minimum absolute atomic E-state index is 0.176. The molecule has 3 heterocycles. The average Bonchev–Trinajstić information content (AvgIpc) is 3.22. The third-order valence-electron chi connectivity index (χ3n) is 4.50. The van der Waals surface area contributed by atoms with Gasteiger partial charge in [-0.2, -0.15) is 18.3 Å². The van der Waals surface area contributed by atoms with Crippen LogP contribution in [-0.4, -0.2) is 38.7 Å². The average molecular weight is 384 g/mol. The Morgan fingerprint density at radius 1 is 1.42 bits per heavy atom. The van der Waals surface area contributed by atoms with Crippen molar-refractivity contribution in [1.29, 1.82) is 0 Å². The van der Waals surface area contributed by atoms with Crippen LogP contribution < -0.4 is 0 Å². The van der Waals surface area contributed by atoms with Gasteiger partial charge in [0.1, 0.15) is 6.54 Å². The molecule has 2 aromatic heterocycles. The Morgan fingerprint density at radius 2 is 2.12 bits per heavy atom. The molecule has 1 fully saturated rings. The van der Waals surface area contributed by atoms with Gasteiger partial charge in [-0.05, 0) is 31.9 Å². The van der Waals surface area contributed by atoms with E-state index < -0.39 is 11.9 Å². The van der Waals surface area contributed by atoms with Gasteiger partial charge in [0, 0.05) is 30.1 Å². The van der Waals surface area contributed by atoms with Crippen LogP contribution in [0.1, 0.15) is 40.8 Å². The number of carbonyl (C=O) groups excluding carboxylic acids is 1. The Hall–Kier alpha value is -2.16. The van der Waals surface area contributed by atoms with Crippen molar-refractivity contribution < 1.29 is 18.0 Å². The molecule has 1 amide bonds. The first-order chi connectivity index (χ1) is 12.3.